The predicted octanol–water partition coefficient (Wildman–Crippen LogP) is 3.86. The van der Waals surface area contributed by atoms with Crippen molar-refractivity contribution in [3.8, 4) is 22.6 Å². The van der Waals surface area contributed by atoms with E-state index in [1.807, 2.05) is 24.3 Å². The van der Waals surface area contributed by atoms with E-state index in [1.165, 1.54) is 6.42 Å². The molecule has 1 aromatic heterocycles. The van der Waals surface area contributed by atoms with Gasteiger partial charge in [-0.2, -0.15) is 5.10 Å². The van der Waals surface area contributed by atoms with Crippen LogP contribution in [0.15, 0.2) is 54.2 Å². The van der Waals surface area contributed by atoms with E-state index in [4.69, 9.17) is 4.74 Å². The highest BCUT2D eigenvalue weighted by atomic mass is 16.5. The second-order valence-electron chi connectivity index (χ2n) is 9.15. The first-order valence-electron chi connectivity index (χ1n) is 11.6. The van der Waals surface area contributed by atoms with Crippen LogP contribution in [-0.2, 0) is 4.79 Å². The third-order valence-corrected chi connectivity index (χ3v) is 6.99. The van der Waals surface area contributed by atoms with Gasteiger partial charge in [-0.1, -0.05) is 18.2 Å². The predicted molar refractivity (Wildman–Crippen MR) is 128 cm³/mol. The van der Waals surface area contributed by atoms with E-state index in [0.29, 0.717) is 6.04 Å². The molecule has 1 saturated carbocycles. The van der Waals surface area contributed by atoms with Crippen LogP contribution in [0.2, 0.25) is 0 Å². The van der Waals surface area contributed by atoms with Crippen molar-refractivity contribution in [1.29, 1.82) is 0 Å². The van der Waals surface area contributed by atoms with Crippen LogP contribution < -0.4 is 10.1 Å². The molecule has 2 aliphatic rings. The molecule has 1 atom stereocenters. The minimum atomic E-state index is 0.0188. The molecule has 1 aliphatic carbocycles. The largest absolute Gasteiger partial charge is 0.508 e. The Morgan fingerprint density at radius 2 is 2.03 bits per heavy atom. The average molecular weight is 447 g/mol. The van der Waals surface area contributed by atoms with Gasteiger partial charge in [0.2, 0.25) is 5.91 Å². The maximum Gasteiger partial charge on any atom is 0.246 e. The summed E-state index contributed by atoms with van der Waals surface area (Å²) in [7, 11) is 3.82. The van der Waals surface area contributed by atoms with Crippen molar-refractivity contribution >= 4 is 16.8 Å². The van der Waals surface area contributed by atoms with Gasteiger partial charge in [-0.15, -0.1) is 0 Å². The average Bonchev–Trinajstić information content (AvgIpc) is 3.43. The number of nitrogens with one attached hydrogen (secondary N) is 2. The molecule has 1 aliphatic heterocycles. The smallest absolute Gasteiger partial charge is 0.246 e. The van der Waals surface area contributed by atoms with Crippen LogP contribution >= 0.6 is 0 Å². The molecule has 7 nitrogen and oxygen atoms in total. The lowest BCUT2D eigenvalue weighted by Crippen LogP contribution is -2.39. The molecule has 1 amide bonds. The molecule has 0 unspecified atom stereocenters. The number of phenolic OH excluding ortho intramolecular Hbond substituents is 1. The fraction of sp³-hybridized carbons (Fsp3) is 0.385. The number of fused-ring (bicyclic) bond motifs is 1. The van der Waals surface area contributed by atoms with Crippen LogP contribution in [0.3, 0.4) is 0 Å². The molecule has 2 heterocycles. The number of amides is 1. The number of aromatic amines is 1. The number of ether oxygens (including phenoxy) is 1. The number of carbonyl (C=O) groups is 1. The first-order chi connectivity index (χ1) is 16.0. The number of nitrogens with zero attached hydrogens (tertiary/aromatic N) is 2. The van der Waals surface area contributed by atoms with Gasteiger partial charge in [0.05, 0.1) is 23.2 Å². The first-order valence-corrected chi connectivity index (χ1v) is 11.6. The number of rotatable bonds is 6. The highest BCUT2D eigenvalue weighted by Gasteiger charge is 2.37. The summed E-state index contributed by atoms with van der Waals surface area (Å²) in [6, 6.07) is 11.5. The number of aromatic nitrogens is 2. The quantitative estimate of drug-likeness (QED) is 0.500. The SMILES string of the molecule is CNC(=O)C(=C[C@@H]1CCCN1C)C1CC(Oc2cc(-c3ccc(O)cc3)cc3[nH]ncc23)C1. The Morgan fingerprint density at radius 3 is 2.73 bits per heavy atom. The van der Waals surface area contributed by atoms with Crippen molar-refractivity contribution in [3.63, 3.8) is 0 Å². The van der Waals surface area contributed by atoms with Crippen molar-refractivity contribution in [2.75, 3.05) is 20.6 Å². The molecule has 0 radical (unpaired) electrons. The lowest BCUT2D eigenvalue weighted by atomic mass is 9.76. The first kappa shape index (κ1) is 21.5. The zero-order valence-corrected chi connectivity index (χ0v) is 19.0. The van der Waals surface area contributed by atoms with E-state index in [2.05, 4.69) is 33.5 Å². The number of hydrogen-bond donors (Lipinski definition) is 3. The molecule has 0 spiro atoms. The molecule has 0 bridgehead atoms. The maximum absolute atomic E-state index is 12.6. The normalized spacial score (nSPS) is 23.5. The lowest BCUT2D eigenvalue weighted by Gasteiger charge is -2.37. The fourth-order valence-electron chi connectivity index (χ4n) is 4.93. The van der Waals surface area contributed by atoms with Crippen LogP contribution in [0.25, 0.3) is 22.0 Å². The van der Waals surface area contributed by atoms with Crippen molar-refractivity contribution < 1.29 is 14.6 Å². The number of hydrogen-bond acceptors (Lipinski definition) is 5. The third-order valence-electron chi connectivity index (χ3n) is 6.99. The summed E-state index contributed by atoms with van der Waals surface area (Å²) in [6.07, 6.45) is 7.92. The van der Waals surface area contributed by atoms with Crippen molar-refractivity contribution in [2.45, 2.75) is 37.8 Å². The molecule has 3 N–H and O–H groups in total. The van der Waals surface area contributed by atoms with E-state index < -0.39 is 0 Å². The number of phenols is 1. The second-order valence-corrected chi connectivity index (χ2v) is 9.15. The fourth-order valence-corrected chi connectivity index (χ4v) is 4.93. The summed E-state index contributed by atoms with van der Waals surface area (Å²) in [6.45, 7) is 1.08. The van der Waals surface area contributed by atoms with Crippen LogP contribution in [0.4, 0.5) is 0 Å². The Bertz CT molecular complexity index is 1180. The van der Waals surface area contributed by atoms with Gasteiger partial charge >= 0.3 is 0 Å². The Labute approximate surface area is 193 Å². The summed E-state index contributed by atoms with van der Waals surface area (Å²) in [5.74, 6) is 1.25. The molecule has 5 rings (SSSR count). The van der Waals surface area contributed by atoms with E-state index in [9.17, 15) is 9.90 Å². The van der Waals surface area contributed by atoms with E-state index in [1.54, 1.807) is 25.4 Å². The molecular formula is C26H30N4O3. The molecule has 2 fully saturated rings. The Morgan fingerprint density at radius 1 is 1.24 bits per heavy atom. The van der Waals surface area contributed by atoms with Gasteiger partial charge in [-0.05, 0) is 80.6 Å². The number of aromatic hydroxyl groups is 1. The van der Waals surface area contributed by atoms with Gasteiger partial charge in [0, 0.05) is 18.7 Å². The number of carbonyl (C=O) groups excluding carboxylic acids is 1. The molecule has 7 heteroatoms. The maximum atomic E-state index is 12.6. The topological polar surface area (TPSA) is 90.5 Å². The van der Waals surface area contributed by atoms with Crippen molar-refractivity contribution in [1.82, 2.24) is 20.4 Å². The van der Waals surface area contributed by atoms with Crippen molar-refractivity contribution in [2.24, 2.45) is 5.92 Å². The summed E-state index contributed by atoms with van der Waals surface area (Å²) >= 11 is 0. The third kappa shape index (κ3) is 4.33. The number of likely N-dealkylation sites (N-methyl/N-ethyl adjacent to an activating group) is 2. The molecule has 172 valence electrons. The van der Waals surface area contributed by atoms with Crippen LogP contribution in [0.1, 0.15) is 25.7 Å². The highest BCUT2D eigenvalue weighted by Crippen LogP contribution is 2.40. The Hall–Kier alpha value is -3.32. The van der Waals surface area contributed by atoms with Gasteiger partial charge in [0.15, 0.2) is 0 Å². The molecule has 33 heavy (non-hydrogen) atoms. The molecular weight excluding hydrogens is 416 g/mol. The van der Waals surface area contributed by atoms with Crippen LogP contribution in [-0.4, -0.2) is 58.9 Å². The lowest BCUT2D eigenvalue weighted by molar-refractivity contribution is -0.118. The zero-order chi connectivity index (χ0) is 22.9. The minimum absolute atomic E-state index is 0.0188. The number of likely N-dealkylation sites (tertiary alicyclic amines) is 1. The summed E-state index contributed by atoms with van der Waals surface area (Å²) < 4.78 is 6.41. The van der Waals surface area contributed by atoms with Crippen molar-refractivity contribution in [3.05, 3.63) is 54.2 Å². The second kappa shape index (κ2) is 8.90. The van der Waals surface area contributed by atoms with Gasteiger partial charge in [0.1, 0.15) is 11.5 Å². The summed E-state index contributed by atoms with van der Waals surface area (Å²) in [5, 5.41) is 20.6. The molecule has 1 saturated heterocycles. The number of benzene rings is 2. The van der Waals surface area contributed by atoms with Gasteiger partial charge < -0.3 is 15.2 Å². The van der Waals surface area contributed by atoms with Crippen LogP contribution in [0, 0.1) is 5.92 Å². The van der Waals surface area contributed by atoms with Gasteiger partial charge in [-0.25, -0.2) is 0 Å². The summed E-state index contributed by atoms with van der Waals surface area (Å²) in [5.41, 5.74) is 3.78. The Balaban J connectivity index is 1.34. The zero-order valence-electron chi connectivity index (χ0n) is 19.0. The van der Waals surface area contributed by atoms with Crippen LogP contribution in [0.5, 0.6) is 11.5 Å². The van der Waals surface area contributed by atoms with Gasteiger partial charge in [0.25, 0.3) is 0 Å². The van der Waals surface area contributed by atoms with Gasteiger partial charge in [-0.3, -0.25) is 14.8 Å². The Kier molecular flexibility index (Phi) is 5.81. The summed E-state index contributed by atoms with van der Waals surface area (Å²) in [4.78, 5) is 14.9. The van der Waals surface area contributed by atoms with E-state index in [-0.39, 0.29) is 23.7 Å². The number of H-pyrrole nitrogens is 1. The van der Waals surface area contributed by atoms with E-state index in [0.717, 1.165) is 59.2 Å². The molecule has 2 aromatic carbocycles. The minimum Gasteiger partial charge on any atom is -0.508 e. The monoisotopic (exact) mass is 446 g/mol. The molecule has 3 aromatic rings. The standard InChI is InChI=1S/C26H30N4O3/c1-27-26(32)22(14-19-4-3-9-30(19)2)18-10-21(11-18)33-25-13-17(12-24-23(25)15-28-29-24)16-5-7-20(31)8-6-16/h5-8,12-15,18-19,21,31H,3-4,9-11H2,1-2H3,(H,27,32)(H,28,29)/t18?,19-,21?/m0/s1. The highest BCUT2D eigenvalue weighted by molar-refractivity contribution is 5.94. The van der Waals surface area contributed by atoms with E-state index >= 15 is 0 Å².